The first kappa shape index (κ1) is 6.73. The molecule has 2 N–H and O–H groups in total. The minimum absolute atomic E-state index is 0.127. The number of hydrogen-bond donors (Lipinski definition) is 2. The second kappa shape index (κ2) is 2.09. The molecule has 0 spiro atoms. The maximum absolute atomic E-state index is 10.5. The van der Waals surface area contributed by atoms with E-state index in [4.69, 9.17) is 5.11 Å². The van der Waals surface area contributed by atoms with Crippen molar-refractivity contribution in [3.8, 4) is 0 Å². The Balaban J connectivity index is 2.77. The predicted molar refractivity (Wildman–Crippen MR) is 29.0 cm³/mol. The van der Waals surface area contributed by atoms with Crippen LogP contribution >= 0.6 is 0 Å². The maximum Gasteiger partial charge on any atom is 0.331 e. The van der Waals surface area contributed by atoms with Gasteiger partial charge in [0.15, 0.2) is 6.10 Å². The highest BCUT2D eigenvalue weighted by Gasteiger charge is 2.36. The summed E-state index contributed by atoms with van der Waals surface area (Å²) >= 11 is 4.38. The van der Waals surface area contributed by atoms with E-state index in [9.17, 15) is 9.59 Å². The topological polar surface area (TPSA) is 58.8 Å². The number of hydrogen-bond acceptors (Lipinski definition) is 4. The van der Waals surface area contributed by atoms with E-state index in [0.29, 0.717) is 0 Å². The summed E-state index contributed by atoms with van der Waals surface area (Å²) in [5.74, 6) is -1.02. The summed E-state index contributed by atoms with van der Waals surface area (Å²) in [6.45, 7) is 0. The summed E-state index contributed by atoms with van der Waals surface area (Å²) in [5, 5.41) is 8.68. The van der Waals surface area contributed by atoms with Crippen molar-refractivity contribution in [1.82, 2.24) is 0 Å². The molecule has 2 unspecified atom stereocenters. The molecule has 0 aromatic heterocycles. The van der Waals surface area contributed by atoms with E-state index in [2.05, 4.69) is 12.8 Å². The van der Waals surface area contributed by atoms with Crippen LogP contribution in [0.2, 0.25) is 0 Å². The van der Waals surface area contributed by atoms with Gasteiger partial charge in [-0.05, 0) is 0 Å². The normalized spacial score (nSPS) is 35.8. The molecule has 1 saturated heterocycles. The summed E-state index contributed by atoms with van der Waals surface area (Å²) in [4.78, 5) is 21.0. The molecule has 0 aromatic rings. The van der Waals surface area contributed by atoms with Gasteiger partial charge in [0.2, 0.25) is 0 Å². The molecule has 2 atom stereocenters. The Morgan fingerprint density at radius 1 is 1.67 bits per heavy atom. The highest BCUT2D eigenvalue weighted by atomic mass is 32.1. The number of amides is 2. The number of aliphatic hydroxyl groups is 1. The van der Waals surface area contributed by atoms with E-state index < -0.39 is 17.9 Å². The first-order chi connectivity index (χ1) is 4.13. The molecule has 4 nitrogen and oxygen atoms in total. The zero-order valence-electron chi connectivity index (χ0n) is 4.46. The minimum Gasteiger partial charge on any atom is -0.478 e. The lowest BCUT2D eigenvalue weighted by Gasteiger charge is -2.08. The molecule has 2 amide bonds. The molecule has 5 heteroatoms. The number of rotatable bonds is 0. The van der Waals surface area contributed by atoms with Crippen LogP contribution in [-0.2, 0) is 22.4 Å². The molecule has 1 fully saturated rings. The Bertz CT molecular complexity index is 169. The van der Waals surface area contributed by atoms with Crippen molar-refractivity contribution in [3.05, 3.63) is 0 Å². The smallest absolute Gasteiger partial charge is 0.331 e. The van der Waals surface area contributed by atoms with Crippen molar-refractivity contribution in [2.24, 2.45) is 0 Å². The van der Waals surface area contributed by atoms with Gasteiger partial charge >= 0.3 is 11.8 Å². The van der Waals surface area contributed by atoms with Gasteiger partial charge < -0.3 is 22.2 Å². The molecular formula is C4H5NO3S. The molecule has 1 aliphatic rings. The second-order valence-electron chi connectivity index (χ2n) is 1.84. The van der Waals surface area contributed by atoms with E-state index in [1.54, 1.807) is 0 Å². The maximum atomic E-state index is 10.5. The summed E-state index contributed by atoms with van der Waals surface area (Å²) in [7, 11) is 0. The van der Waals surface area contributed by atoms with Crippen LogP contribution < -0.4 is 4.31 Å². The van der Waals surface area contributed by atoms with E-state index in [1.807, 2.05) is 0 Å². The average molecular weight is 147 g/mol. The van der Waals surface area contributed by atoms with Gasteiger partial charge in [0, 0.05) is 0 Å². The number of carbonyl (C=O) groups excluding carboxylic acids is 2. The van der Waals surface area contributed by atoms with Gasteiger partial charge in [0.25, 0.3) is 0 Å². The standard InChI is InChI=1S/C4H5NO3S/c6-2-1-3(7)5(9)4(2)8/h2,5-6H,1H2. The fourth-order valence-electron chi connectivity index (χ4n) is 0.650. The third-order valence-corrected chi connectivity index (χ3v) is 1.59. The van der Waals surface area contributed by atoms with Gasteiger partial charge in [-0.15, -0.1) is 0 Å². The number of carbonyl (C=O) groups is 2. The third kappa shape index (κ3) is 0.983. The van der Waals surface area contributed by atoms with Crippen LogP contribution in [0.5, 0.6) is 0 Å². The highest BCUT2D eigenvalue weighted by molar-refractivity contribution is 7.52. The Morgan fingerprint density at radius 2 is 2.22 bits per heavy atom. The third-order valence-electron chi connectivity index (χ3n) is 1.16. The van der Waals surface area contributed by atoms with E-state index in [1.165, 1.54) is 0 Å². The van der Waals surface area contributed by atoms with Crippen LogP contribution in [0.4, 0.5) is 0 Å². The average Bonchev–Trinajstić information content (AvgIpc) is 1.98. The number of imide groups is 1. The highest BCUT2D eigenvalue weighted by Crippen LogP contribution is 1.93. The van der Waals surface area contributed by atoms with Crippen molar-refractivity contribution in [1.29, 1.82) is 0 Å². The van der Waals surface area contributed by atoms with Crippen LogP contribution in [0.3, 0.4) is 0 Å². The summed E-state index contributed by atoms with van der Waals surface area (Å²) in [6.07, 6.45) is -1.29. The van der Waals surface area contributed by atoms with Crippen molar-refractivity contribution in [3.63, 3.8) is 0 Å². The summed E-state index contributed by atoms with van der Waals surface area (Å²) in [6, 6.07) is 0. The Kier molecular flexibility index (Phi) is 1.56. The molecule has 50 valence electrons. The molecule has 0 bridgehead atoms. The molecule has 1 heterocycles. The van der Waals surface area contributed by atoms with Crippen LogP contribution in [-0.4, -0.2) is 23.0 Å². The van der Waals surface area contributed by atoms with Gasteiger partial charge in [-0.3, -0.25) is 0 Å². The zero-order chi connectivity index (χ0) is 7.02. The van der Waals surface area contributed by atoms with E-state index in [-0.39, 0.29) is 10.7 Å². The number of aliphatic hydroxyl groups excluding tert-OH is 1. The number of nitrogens with one attached hydrogen (secondary N) is 1. The molecule has 1 rings (SSSR count). The van der Waals surface area contributed by atoms with Crippen molar-refractivity contribution in [2.45, 2.75) is 12.5 Å². The molecule has 9 heavy (non-hydrogen) atoms. The van der Waals surface area contributed by atoms with Gasteiger partial charge in [-0.25, -0.2) is 9.59 Å². The van der Waals surface area contributed by atoms with E-state index >= 15 is 0 Å². The lowest BCUT2D eigenvalue weighted by molar-refractivity contribution is -0.574. The van der Waals surface area contributed by atoms with E-state index in [0.717, 1.165) is 0 Å². The largest absolute Gasteiger partial charge is 0.478 e. The lowest BCUT2D eigenvalue weighted by atomic mass is 10.3. The SMILES string of the molecule is O=C1CC(O)C(=O)[NH+]1[S-]. The quantitative estimate of drug-likeness (QED) is 0.286. The monoisotopic (exact) mass is 147 g/mol. The molecule has 0 radical (unpaired) electrons. The molecule has 0 aliphatic carbocycles. The van der Waals surface area contributed by atoms with Gasteiger partial charge in [0.1, 0.15) is 6.42 Å². The Labute approximate surface area is 57.0 Å². The van der Waals surface area contributed by atoms with Crippen LogP contribution in [0.25, 0.3) is 0 Å². The Morgan fingerprint density at radius 3 is 2.33 bits per heavy atom. The molecule has 0 aromatic carbocycles. The second-order valence-corrected chi connectivity index (χ2v) is 2.24. The van der Waals surface area contributed by atoms with Crippen molar-refractivity contribution >= 4 is 24.6 Å². The van der Waals surface area contributed by atoms with Crippen LogP contribution in [0.15, 0.2) is 0 Å². The van der Waals surface area contributed by atoms with Crippen LogP contribution in [0.1, 0.15) is 6.42 Å². The fraction of sp³-hybridized carbons (Fsp3) is 0.500. The van der Waals surface area contributed by atoms with Gasteiger partial charge in [-0.2, -0.15) is 0 Å². The Hall–Kier alpha value is -0.390. The molecular weight excluding hydrogens is 142 g/mol. The first-order valence-corrected chi connectivity index (χ1v) is 2.83. The van der Waals surface area contributed by atoms with Crippen LogP contribution in [0, 0.1) is 0 Å². The van der Waals surface area contributed by atoms with Crippen molar-refractivity contribution in [2.75, 3.05) is 0 Å². The summed E-state index contributed by atoms with van der Waals surface area (Å²) in [5.41, 5.74) is 0. The zero-order valence-corrected chi connectivity index (χ0v) is 5.27. The molecule has 1 aliphatic heterocycles. The number of quaternary nitrogens is 1. The lowest BCUT2D eigenvalue weighted by Crippen LogP contribution is -3.11. The van der Waals surface area contributed by atoms with Crippen molar-refractivity contribution < 1.29 is 19.0 Å². The van der Waals surface area contributed by atoms with Gasteiger partial charge in [-0.1, -0.05) is 0 Å². The first-order valence-electron chi connectivity index (χ1n) is 2.42. The minimum atomic E-state index is -1.16. The fourth-order valence-corrected chi connectivity index (χ4v) is 0.869. The van der Waals surface area contributed by atoms with Gasteiger partial charge in [0.05, 0.1) is 0 Å². The summed E-state index contributed by atoms with van der Waals surface area (Å²) < 4.78 is -0.234. The molecule has 0 saturated carbocycles. The predicted octanol–water partition coefficient (Wildman–Crippen LogP) is -2.85.